The van der Waals surface area contributed by atoms with Gasteiger partial charge >= 0.3 is 5.97 Å². The molecule has 0 saturated carbocycles. The molecule has 1 aliphatic carbocycles. The maximum atomic E-state index is 13.5. The number of para-hydroxylation sites is 1. The number of ketones is 1. The molecule has 2 aliphatic rings. The molecule has 3 N–H and O–H groups in total. The first-order valence-corrected chi connectivity index (χ1v) is 13.3. The average Bonchev–Trinajstić information content (AvgIpc) is 2.83. The quantitative estimate of drug-likeness (QED) is 0.395. The average molecular weight is 604 g/mol. The van der Waals surface area contributed by atoms with E-state index in [0.717, 1.165) is 0 Å². The normalized spacial score (nSPS) is 18.4. The molecule has 8 nitrogen and oxygen atoms in total. The minimum Gasteiger partial charge on any atom is -0.483 e. The highest BCUT2D eigenvalue weighted by atomic mass is 79.9. The summed E-state index contributed by atoms with van der Waals surface area (Å²) in [6, 6.07) is 12.0. The number of carbonyl (C=O) groups excluding carboxylic acids is 3. The van der Waals surface area contributed by atoms with E-state index in [1.807, 2.05) is 13.8 Å². The van der Waals surface area contributed by atoms with Crippen LogP contribution in [0.15, 0.2) is 69.7 Å². The fourth-order valence-corrected chi connectivity index (χ4v) is 5.23. The summed E-state index contributed by atoms with van der Waals surface area (Å²) in [4.78, 5) is 39.2. The van der Waals surface area contributed by atoms with E-state index >= 15 is 0 Å². The SMILES string of the molecule is CCOC(=O)C1=C(N)OC2=C(C(=O)CC(C)(C)C2)C1c1cc(Br)ccc1OCC(=O)Nc1ccccc1Cl. The number of nitrogens with two attached hydrogens (primary N) is 1. The molecule has 1 heterocycles. The molecule has 0 bridgehead atoms. The molecule has 0 saturated heterocycles. The zero-order valence-corrected chi connectivity index (χ0v) is 23.6. The number of rotatable bonds is 7. The van der Waals surface area contributed by atoms with E-state index in [2.05, 4.69) is 21.2 Å². The minimum atomic E-state index is -0.902. The highest BCUT2D eigenvalue weighted by Gasteiger charge is 2.46. The van der Waals surface area contributed by atoms with Crippen molar-refractivity contribution in [2.75, 3.05) is 18.5 Å². The van der Waals surface area contributed by atoms with E-state index in [0.29, 0.717) is 44.2 Å². The van der Waals surface area contributed by atoms with Crippen molar-refractivity contribution in [3.63, 3.8) is 0 Å². The van der Waals surface area contributed by atoms with Crippen LogP contribution >= 0.6 is 27.5 Å². The first-order chi connectivity index (χ1) is 18.0. The molecule has 2 aromatic carbocycles. The van der Waals surface area contributed by atoms with Crippen molar-refractivity contribution in [1.29, 1.82) is 0 Å². The van der Waals surface area contributed by atoms with Gasteiger partial charge in [0.15, 0.2) is 12.4 Å². The highest BCUT2D eigenvalue weighted by Crippen LogP contribution is 2.50. The van der Waals surface area contributed by atoms with E-state index in [1.165, 1.54) is 0 Å². The number of ether oxygens (including phenoxy) is 3. The molecule has 0 radical (unpaired) electrons. The van der Waals surface area contributed by atoms with Crippen LogP contribution in [-0.4, -0.2) is 30.9 Å². The van der Waals surface area contributed by atoms with Crippen molar-refractivity contribution in [3.8, 4) is 5.75 Å². The van der Waals surface area contributed by atoms with Gasteiger partial charge in [-0.3, -0.25) is 9.59 Å². The summed E-state index contributed by atoms with van der Waals surface area (Å²) < 4.78 is 17.8. The van der Waals surface area contributed by atoms with Crippen LogP contribution in [0.5, 0.6) is 5.75 Å². The monoisotopic (exact) mass is 602 g/mol. The number of Topliss-reactive ketones (excluding diaryl/α,β-unsaturated/α-hetero) is 1. The maximum absolute atomic E-state index is 13.5. The Morgan fingerprint density at radius 2 is 1.95 bits per heavy atom. The molecule has 38 heavy (non-hydrogen) atoms. The zero-order chi connectivity index (χ0) is 27.6. The lowest BCUT2D eigenvalue weighted by Gasteiger charge is -2.38. The third-order valence-electron chi connectivity index (χ3n) is 6.24. The van der Waals surface area contributed by atoms with Crippen molar-refractivity contribution < 1.29 is 28.6 Å². The third kappa shape index (κ3) is 5.89. The second kappa shape index (κ2) is 11.2. The molecule has 1 atom stereocenters. The van der Waals surface area contributed by atoms with Crippen molar-refractivity contribution >= 4 is 50.9 Å². The second-order valence-corrected chi connectivity index (χ2v) is 11.1. The molecule has 1 unspecified atom stereocenters. The molecule has 200 valence electrons. The van der Waals surface area contributed by atoms with E-state index in [1.54, 1.807) is 49.4 Å². The summed E-state index contributed by atoms with van der Waals surface area (Å²) in [6.07, 6.45) is 0.734. The van der Waals surface area contributed by atoms with Gasteiger partial charge in [-0.15, -0.1) is 0 Å². The van der Waals surface area contributed by atoms with Crippen LogP contribution in [0.3, 0.4) is 0 Å². The fourth-order valence-electron chi connectivity index (χ4n) is 4.67. The molecule has 1 aliphatic heterocycles. The van der Waals surface area contributed by atoms with Crippen LogP contribution in [-0.2, 0) is 23.9 Å². The topological polar surface area (TPSA) is 117 Å². The number of amides is 1. The van der Waals surface area contributed by atoms with Gasteiger partial charge in [0.05, 0.1) is 23.2 Å². The van der Waals surface area contributed by atoms with Crippen LogP contribution in [0.1, 0.15) is 45.1 Å². The van der Waals surface area contributed by atoms with Crippen molar-refractivity contribution in [2.45, 2.75) is 39.5 Å². The van der Waals surface area contributed by atoms with Gasteiger partial charge in [-0.25, -0.2) is 4.79 Å². The predicted molar refractivity (Wildman–Crippen MR) is 146 cm³/mol. The van der Waals surface area contributed by atoms with Gasteiger partial charge in [-0.2, -0.15) is 0 Å². The number of anilines is 1. The lowest BCUT2D eigenvalue weighted by atomic mass is 9.70. The standard InChI is InChI=1S/C28H28BrClN2O6/c1-4-36-27(35)25-23(24-19(33)12-28(2,3)13-21(24)38-26(25)31)16-11-15(29)9-10-20(16)37-14-22(34)32-18-8-6-5-7-17(18)30/h5-11,23H,4,12-14,31H2,1-3H3,(H,32,34). The summed E-state index contributed by atoms with van der Waals surface area (Å²) in [7, 11) is 0. The number of halogens is 2. The summed E-state index contributed by atoms with van der Waals surface area (Å²) >= 11 is 9.62. The molecule has 4 rings (SSSR count). The Balaban J connectivity index is 1.74. The first-order valence-electron chi connectivity index (χ1n) is 12.1. The fraction of sp³-hybridized carbons (Fsp3) is 0.321. The molecule has 0 fully saturated rings. The van der Waals surface area contributed by atoms with Crippen LogP contribution in [0.4, 0.5) is 5.69 Å². The summed E-state index contributed by atoms with van der Waals surface area (Å²) in [6.45, 7) is 5.39. The van der Waals surface area contributed by atoms with Gasteiger partial charge in [0.25, 0.3) is 5.91 Å². The van der Waals surface area contributed by atoms with Crippen LogP contribution in [0.25, 0.3) is 0 Å². The Morgan fingerprint density at radius 3 is 2.66 bits per heavy atom. The Bertz CT molecular complexity index is 1370. The summed E-state index contributed by atoms with van der Waals surface area (Å²) in [5, 5.41) is 3.10. The van der Waals surface area contributed by atoms with Crippen molar-refractivity contribution in [2.24, 2.45) is 11.1 Å². The zero-order valence-electron chi connectivity index (χ0n) is 21.2. The van der Waals surface area contributed by atoms with E-state index in [-0.39, 0.29) is 42.3 Å². The number of nitrogens with one attached hydrogen (secondary N) is 1. The largest absolute Gasteiger partial charge is 0.483 e. The number of esters is 1. The molecule has 2 aromatic rings. The van der Waals surface area contributed by atoms with Crippen LogP contribution < -0.4 is 15.8 Å². The van der Waals surface area contributed by atoms with Crippen LogP contribution in [0.2, 0.25) is 5.02 Å². The Hall–Kier alpha value is -3.30. The van der Waals surface area contributed by atoms with Crippen molar-refractivity contribution in [3.05, 3.63) is 80.3 Å². The molecular formula is C28H28BrClN2O6. The number of carbonyl (C=O) groups is 3. The Morgan fingerprint density at radius 1 is 1.21 bits per heavy atom. The van der Waals surface area contributed by atoms with Crippen molar-refractivity contribution in [1.82, 2.24) is 0 Å². The number of hydrogen-bond donors (Lipinski definition) is 2. The Labute approximate surface area is 234 Å². The number of allylic oxidation sites excluding steroid dienone is 2. The van der Waals surface area contributed by atoms with Gasteiger partial charge in [0.1, 0.15) is 17.1 Å². The third-order valence-corrected chi connectivity index (χ3v) is 7.06. The molecule has 10 heteroatoms. The number of hydrogen-bond acceptors (Lipinski definition) is 7. The van der Waals surface area contributed by atoms with Gasteiger partial charge < -0.3 is 25.3 Å². The molecule has 0 spiro atoms. The van der Waals surface area contributed by atoms with E-state index in [4.69, 9.17) is 31.5 Å². The Kier molecular flexibility index (Phi) is 8.18. The maximum Gasteiger partial charge on any atom is 0.340 e. The summed E-state index contributed by atoms with van der Waals surface area (Å²) in [5.41, 5.74) is 7.21. The van der Waals surface area contributed by atoms with Gasteiger partial charge in [0.2, 0.25) is 5.88 Å². The minimum absolute atomic E-state index is 0.0159. The number of benzene rings is 2. The first kappa shape index (κ1) is 27.7. The van der Waals surface area contributed by atoms with Gasteiger partial charge in [-0.1, -0.05) is 53.5 Å². The van der Waals surface area contributed by atoms with E-state index in [9.17, 15) is 14.4 Å². The van der Waals surface area contributed by atoms with Gasteiger partial charge in [0, 0.05) is 28.5 Å². The highest BCUT2D eigenvalue weighted by molar-refractivity contribution is 9.10. The summed E-state index contributed by atoms with van der Waals surface area (Å²) in [5.74, 6) is -1.59. The predicted octanol–water partition coefficient (Wildman–Crippen LogP) is 5.61. The lowest BCUT2D eigenvalue weighted by Crippen LogP contribution is -2.36. The molecular weight excluding hydrogens is 576 g/mol. The molecule has 0 aromatic heterocycles. The smallest absolute Gasteiger partial charge is 0.340 e. The van der Waals surface area contributed by atoms with Crippen LogP contribution in [0, 0.1) is 5.41 Å². The molecule has 1 amide bonds. The van der Waals surface area contributed by atoms with Gasteiger partial charge in [-0.05, 0) is 42.7 Å². The van der Waals surface area contributed by atoms with E-state index < -0.39 is 17.8 Å². The lowest BCUT2D eigenvalue weighted by molar-refractivity contribution is -0.139. The second-order valence-electron chi connectivity index (χ2n) is 9.81.